The van der Waals surface area contributed by atoms with Crippen molar-refractivity contribution in [3.8, 4) is 17.0 Å². The molecule has 0 N–H and O–H groups in total. The van der Waals surface area contributed by atoms with Gasteiger partial charge in [0.05, 0.1) is 17.1 Å². The molecular weight excluding hydrogens is 433 g/mol. The lowest BCUT2D eigenvalue weighted by Crippen LogP contribution is -2.28. The van der Waals surface area contributed by atoms with Crippen LogP contribution in [-0.2, 0) is 16.6 Å². The first-order valence-electron chi connectivity index (χ1n) is 10.4. The van der Waals surface area contributed by atoms with E-state index in [4.69, 9.17) is 4.74 Å². The molecule has 0 unspecified atom stereocenters. The van der Waals surface area contributed by atoms with Crippen LogP contribution in [0.3, 0.4) is 0 Å². The first-order chi connectivity index (χ1) is 15.3. The Morgan fingerprint density at radius 2 is 1.75 bits per heavy atom. The Labute approximate surface area is 186 Å². The van der Waals surface area contributed by atoms with E-state index in [0.717, 1.165) is 12.8 Å². The summed E-state index contributed by atoms with van der Waals surface area (Å²) < 4.78 is 47.5. The number of sulfonamides is 1. The number of aryl methyl sites for hydroxylation is 1. The molecule has 168 valence electrons. The molecule has 2 aromatic carbocycles. The van der Waals surface area contributed by atoms with E-state index in [2.05, 4.69) is 5.10 Å². The minimum absolute atomic E-state index is 0.171. The van der Waals surface area contributed by atoms with Gasteiger partial charge in [0.25, 0.3) is 5.56 Å². The summed E-state index contributed by atoms with van der Waals surface area (Å²) in [4.78, 5) is 12.5. The van der Waals surface area contributed by atoms with Gasteiger partial charge in [0.2, 0.25) is 10.0 Å². The van der Waals surface area contributed by atoms with Gasteiger partial charge >= 0.3 is 0 Å². The van der Waals surface area contributed by atoms with Gasteiger partial charge in [-0.1, -0.05) is 12.1 Å². The Balaban J connectivity index is 1.56. The molecular formula is C23H24FN3O4S. The third-order valence-corrected chi connectivity index (χ3v) is 7.46. The van der Waals surface area contributed by atoms with Gasteiger partial charge < -0.3 is 4.74 Å². The number of hydrogen-bond acceptors (Lipinski definition) is 5. The van der Waals surface area contributed by atoms with Crippen molar-refractivity contribution in [3.63, 3.8) is 0 Å². The standard InChI is InChI=1S/C23H24FN3O4S/c1-17-4-5-18(16-22(17)32(29,30)26-12-2-3-13-26)21-10-11-23(28)27(25-21)14-15-31-20-8-6-19(24)7-9-20/h4-11,16H,2-3,12-15H2,1H3. The van der Waals surface area contributed by atoms with Crippen molar-refractivity contribution < 1.29 is 17.5 Å². The summed E-state index contributed by atoms with van der Waals surface area (Å²) in [6, 6.07) is 13.8. The van der Waals surface area contributed by atoms with Crippen LogP contribution in [0.4, 0.5) is 4.39 Å². The number of aromatic nitrogens is 2. The molecule has 0 bridgehead atoms. The number of rotatable bonds is 7. The molecule has 4 rings (SSSR count). The first-order valence-corrected chi connectivity index (χ1v) is 11.9. The fourth-order valence-corrected chi connectivity index (χ4v) is 5.42. The molecule has 3 aromatic rings. The quantitative estimate of drug-likeness (QED) is 0.544. The molecule has 1 saturated heterocycles. The summed E-state index contributed by atoms with van der Waals surface area (Å²) in [6.07, 6.45) is 1.73. The zero-order valence-corrected chi connectivity index (χ0v) is 18.5. The molecule has 0 amide bonds. The van der Waals surface area contributed by atoms with E-state index in [9.17, 15) is 17.6 Å². The summed E-state index contributed by atoms with van der Waals surface area (Å²) in [5, 5.41) is 4.39. The second-order valence-electron chi connectivity index (χ2n) is 7.67. The molecule has 0 atom stereocenters. The zero-order valence-electron chi connectivity index (χ0n) is 17.7. The highest BCUT2D eigenvalue weighted by Crippen LogP contribution is 2.27. The Morgan fingerprint density at radius 3 is 2.47 bits per heavy atom. The van der Waals surface area contributed by atoms with Crippen molar-refractivity contribution in [2.24, 2.45) is 0 Å². The maximum atomic E-state index is 13.1. The van der Waals surface area contributed by atoms with E-state index in [0.29, 0.717) is 35.7 Å². The van der Waals surface area contributed by atoms with Crippen molar-refractivity contribution in [2.75, 3.05) is 19.7 Å². The van der Waals surface area contributed by atoms with Crippen LogP contribution in [0.5, 0.6) is 5.75 Å². The summed E-state index contributed by atoms with van der Waals surface area (Å²) in [5.41, 5.74) is 1.47. The van der Waals surface area contributed by atoms with Crippen LogP contribution in [0.2, 0.25) is 0 Å². The number of ether oxygens (including phenoxy) is 1. The van der Waals surface area contributed by atoms with E-state index in [1.54, 1.807) is 31.2 Å². The summed E-state index contributed by atoms with van der Waals surface area (Å²) >= 11 is 0. The van der Waals surface area contributed by atoms with Gasteiger partial charge in [-0.3, -0.25) is 4.79 Å². The highest BCUT2D eigenvalue weighted by atomic mass is 32.2. The summed E-state index contributed by atoms with van der Waals surface area (Å²) in [5.74, 6) is 0.137. The van der Waals surface area contributed by atoms with Gasteiger partial charge in [-0.25, -0.2) is 17.5 Å². The fraction of sp³-hybridized carbons (Fsp3) is 0.304. The van der Waals surface area contributed by atoms with Gasteiger partial charge in [-0.15, -0.1) is 0 Å². The van der Waals surface area contributed by atoms with Crippen LogP contribution < -0.4 is 10.3 Å². The molecule has 1 aliphatic heterocycles. The summed E-state index contributed by atoms with van der Waals surface area (Å²) in [6.45, 7) is 3.19. The highest BCUT2D eigenvalue weighted by molar-refractivity contribution is 7.89. The number of hydrogen-bond donors (Lipinski definition) is 0. The van der Waals surface area contributed by atoms with E-state index in [-0.39, 0.29) is 29.4 Å². The summed E-state index contributed by atoms with van der Waals surface area (Å²) in [7, 11) is -3.58. The van der Waals surface area contributed by atoms with Crippen LogP contribution >= 0.6 is 0 Å². The predicted molar refractivity (Wildman–Crippen MR) is 119 cm³/mol. The van der Waals surface area contributed by atoms with E-state index < -0.39 is 10.0 Å². The van der Waals surface area contributed by atoms with Crippen LogP contribution in [0, 0.1) is 12.7 Å². The van der Waals surface area contributed by atoms with Gasteiger partial charge in [-0.2, -0.15) is 9.40 Å². The third kappa shape index (κ3) is 4.73. The SMILES string of the molecule is Cc1ccc(-c2ccc(=O)n(CCOc3ccc(F)cc3)n2)cc1S(=O)(=O)N1CCCC1. The number of nitrogens with zero attached hydrogens (tertiary/aromatic N) is 3. The maximum Gasteiger partial charge on any atom is 0.266 e. The zero-order chi connectivity index (χ0) is 22.7. The monoisotopic (exact) mass is 457 g/mol. The Bertz CT molecular complexity index is 1270. The molecule has 1 fully saturated rings. The molecule has 2 heterocycles. The third-order valence-electron chi connectivity index (χ3n) is 5.42. The molecule has 0 aliphatic carbocycles. The first kappa shape index (κ1) is 22.2. The average molecular weight is 458 g/mol. The molecule has 1 aromatic heterocycles. The molecule has 9 heteroatoms. The van der Waals surface area contributed by atoms with Crippen molar-refractivity contribution in [3.05, 3.63) is 76.3 Å². The molecule has 0 radical (unpaired) electrons. The number of benzene rings is 2. The normalized spacial score (nSPS) is 14.6. The minimum atomic E-state index is -3.58. The molecule has 32 heavy (non-hydrogen) atoms. The van der Waals surface area contributed by atoms with Gasteiger partial charge in [0.15, 0.2) is 0 Å². The Kier molecular flexibility index (Phi) is 6.38. The predicted octanol–water partition coefficient (Wildman–Crippen LogP) is 3.22. The van der Waals surface area contributed by atoms with Crippen LogP contribution in [0.15, 0.2) is 64.3 Å². The Morgan fingerprint density at radius 1 is 1.03 bits per heavy atom. The van der Waals surface area contributed by atoms with Crippen molar-refractivity contribution in [1.29, 1.82) is 0 Å². The maximum absolute atomic E-state index is 13.1. The lowest BCUT2D eigenvalue weighted by Gasteiger charge is -2.18. The largest absolute Gasteiger partial charge is 0.492 e. The van der Waals surface area contributed by atoms with Crippen LogP contribution in [0.1, 0.15) is 18.4 Å². The lowest BCUT2D eigenvalue weighted by molar-refractivity contribution is 0.287. The molecule has 7 nitrogen and oxygen atoms in total. The van der Waals surface area contributed by atoms with Gasteiger partial charge in [-0.05, 0) is 61.7 Å². The van der Waals surface area contributed by atoms with Crippen molar-refractivity contribution >= 4 is 10.0 Å². The molecule has 0 saturated carbocycles. The van der Waals surface area contributed by atoms with Crippen molar-refractivity contribution in [2.45, 2.75) is 31.2 Å². The van der Waals surface area contributed by atoms with Crippen LogP contribution in [0.25, 0.3) is 11.3 Å². The second-order valence-corrected chi connectivity index (χ2v) is 9.58. The van der Waals surface area contributed by atoms with Gasteiger partial charge in [0, 0.05) is 24.7 Å². The van der Waals surface area contributed by atoms with E-state index in [1.165, 1.54) is 39.3 Å². The van der Waals surface area contributed by atoms with Crippen molar-refractivity contribution in [1.82, 2.24) is 14.1 Å². The van der Waals surface area contributed by atoms with Gasteiger partial charge in [0.1, 0.15) is 18.2 Å². The topological polar surface area (TPSA) is 81.5 Å². The van der Waals surface area contributed by atoms with Crippen LogP contribution in [-0.4, -0.2) is 42.2 Å². The van der Waals surface area contributed by atoms with E-state index >= 15 is 0 Å². The molecule has 1 aliphatic rings. The lowest BCUT2D eigenvalue weighted by atomic mass is 10.1. The van der Waals surface area contributed by atoms with E-state index in [1.807, 2.05) is 0 Å². The Hall–Kier alpha value is -3.04. The average Bonchev–Trinajstić information content (AvgIpc) is 3.33. The molecule has 0 spiro atoms. The second kappa shape index (κ2) is 9.22. The smallest absolute Gasteiger partial charge is 0.266 e. The fourth-order valence-electron chi connectivity index (χ4n) is 3.65. The highest BCUT2D eigenvalue weighted by Gasteiger charge is 2.28. The number of halogens is 1. The minimum Gasteiger partial charge on any atom is -0.492 e.